The van der Waals surface area contributed by atoms with Gasteiger partial charge in [-0.2, -0.15) is 0 Å². The summed E-state index contributed by atoms with van der Waals surface area (Å²) in [5.74, 6) is -0.261. The van der Waals surface area contributed by atoms with Crippen molar-refractivity contribution in [1.29, 1.82) is 0 Å². The lowest BCUT2D eigenvalue weighted by atomic mass is 10.2. The predicted octanol–water partition coefficient (Wildman–Crippen LogP) is 2.52. The SMILES string of the molecule is O=C(Cn1nc2ccccn2c1=O)Nc1ccccc1N1CCCCCC1. The summed E-state index contributed by atoms with van der Waals surface area (Å²) < 4.78 is 2.62. The third-order valence-corrected chi connectivity index (χ3v) is 4.91. The number of benzene rings is 1. The normalized spacial score (nSPS) is 14.9. The van der Waals surface area contributed by atoms with E-state index in [0.717, 1.165) is 24.5 Å². The molecule has 1 aromatic carbocycles. The van der Waals surface area contributed by atoms with Crippen molar-refractivity contribution in [3.05, 3.63) is 59.1 Å². The molecule has 1 N–H and O–H groups in total. The summed E-state index contributed by atoms with van der Waals surface area (Å²) >= 11 is 0. The lowest BCUT2D eigenvalue weighted by molar-refractivity contribution is -0.117. The van der Waals surface area contributed by atoms with E-state index in [1.165, 1.54) is 34.8 Å². The van der Waals surface area contributed by atoms with E-state index in [1.54, 1.807) is 18.3 Å². The number of amides is 1. The maximum atomic E-state index is 12.6. The minimum Gasteiger partial charge on any atom is -0.370 e. The molecule has 7 nitrogen and oxygen atoms in total. The van der Waals surface area contributed by atoms with E-state index >= 15 is 0 Å². The van der Waals surface area contributed by atoms with Crippen LogP contribution in [-0.2, 0) is 11.3 Å². The number of carbonyl (C=O) groups is 1. The van der Waals surface area contributed by atoms with Crippen molar-refractivity contribution in [2.75, 3.05) is 23.3 Å². The molecule has 1 saturated heterocycles. The van der Waals surface area contributed by atoms with E-state index in [-0.39, 0.29) is 18.1 Å². The molecular formula is C20H23N5O2. The molecule has 1 aliphatic rings. The number of rotatable bonds is 4. The van der Waals surface area contributed by atoms with Gasteiger partial charge in [0.2, 0.25) is 5.91 Å². The van der Waals surface area contributed by atoms with E-state index in [0.29, 0.717) is 5.65 Å². The number of aromatic nitrogens is 3. The van der Waals surface area contributed by atoms with Gasteiger partial charge in [-0.15, -0.1) is 5.10 Å². The summed E-state index contributed by atoms with van der Waals surface area (Å²) in [5, 5.41) is 7.17. The third-order valence-electron chi connectivity index (χ3n) is 4.91. The Kier molecular flexibility index (Phi) is 4.91. The molecule has 27 heavy (non-hydrogen) atoms. The van der Waals surface area contributed by atoms with Crippen molar-refractivity contribution < 1.29 is 4.79 Å². The molecule has 7 heteroatoms. The van der Waals surface area contributed by atoms with Crippen LogP contribution in [0.5, 0.6) is 0 Å². The number of pyridine rings is 1. The first-order valence-corrected chi connectivity index (χ1v) is 9.40. The Bertz CT molecular complexity index is 999. The molecule has 0 saturated carbocycles. The summed E-state index contributed by atoms with van der Waals surface area (Å²) in [7, 11) is 0. The second-order valence-corrected chi connectivity index (χ2v) is 6.84. The highest BCUT2D eigenvalue weighted by atomic mass is 16.2. The maximum absolute atomic E-state index is 12.6. The smallest absolute Gasteiger partial charge is 0.350 e. The minimum atomic E-state index is -0.318. The molecule has 140 valence electrons. The summed E-state index contributed by atoms with van der Waals surface area (Å²) in [6.45, 7) is 1.88. The molecule has 0 radical (unpaired) electrons. The van der Waals surface area contributed by atoms with E-state index in [1.807, 2.05) is 30.3 Å². The van der Waals surface area contributed by atoms with Gasteiger partial charge in [0.15, 0.2) is 5.65 Å². The average molecular weight is 365 g/mol. The topological polar surface area (TPSA) is 71.6 Å². The molecule has 0 atom stereocenters. The Balaban J connectivity index is 1.52. The second-order valence-electron chi connectivity index (χ2n) is 6.84. The molecule has 1 aliphatic heterocycles. The van der Waals surface area contributed by atoms with Gasteiger partial charge in [0.05, 0.1) is 11.4 Å². The molecule has 1 fully saturated rings. The van der Waals surface area contributed by atoms with Crippen molar-refractivity contribution in [3.8, 4) is 0 Å². The second kappa shape index (κ2) is 7.65. The zero-order chi connectivity index (χ0) is 18.6. The van der Waals surface area contributed by atoms with Crippen molar-refractivity contribution in [1.82, 2.24) is 14.2 Å². The number of nitrogens with zero attached hydrogens (tertiary/aromatic N) is 4. The van der Waals surface area contributed by atoms with Crippen LogP contribution >= 0.6 is 0 Å². The van der Waals surface area contributed by atoms with Gasteiger partial charge in [-0.05, 0) is 37.1 Å². The fourth-order valence-corrected chi connectivity index (χ4v) is 3.56. The summed E-state index contributed by atoms with van der Waals surface area (Å²) in [6, 6.07) is 13.2. The van der Waals surface area contributed by atoms with Crippen molar-refractivity contribution in [2.45, 2.75) is 32.2 Å². The van der Waals surface area contributed by atoms with Crippen LogP contribution in [0.25, 0.3) is 5.65 Å². The Labute approximate surface area is 157 Å². The van der Waals surface area contributed by atoms with Gasteiger partial charge in [0, 0.05) is 19.3 Å². The molecule has 0 bridgehead atoms. The standard InChI is InChI=1S/C20H23N5O2/c26-19(15-25-20(27)24-14-8-5-11-18(24)22-25)21-16-9-3-4-10-17(16)23-12-6-1-2-7-13-23/h3-5,8-11,14H,1-2,6-7,12-13,15H2,(H,21,26). The Morgan fingerprint density at radius 2 is 1.74 bits per heavy atom. The van der Waals surface area contributed by atoms with Crippen LogP contribution in [0.2, 0.25) is 0 Å². The molecule has 1 amide bonds. The van der Waals surface area contributed by atoms with E-state index in [9.17, 15) is 9.59 Å². The monoisotopic (exact) mass is 365 g/mol. The number of carbonyl (C=O) groups excluding carboxylic acids is 1. The minimum absolute atomic E-state index is 0.116. The van der Waals surface area contributed by atoms with E-state index in [4.69, 9.17) is 0 Å². The number of hydrogen-bond acceptors (Lipinski definition) is 4. The van der Waals surface area contributed by atoms with Crippen LogP contribution in [0.1, 0.15) is 25.7 Å². The first-order chi connectivity index (χ1) is 13.2. The number of hydrogen-bond donors (Lipinski definition) is 1. The summed E-state index contributed by atoms with van der Waals surface area (Å²) in [4.78, 5) is 27.3. The Morgan fingerprint density at radius 3 is 2.52 bits per heavy atom. The largest absolute Gasteiger partial charge is 0.370 e. The van der Waals surface area contributed by atoms with Gasteiger partial charge < -0.3 is 10.2 Å². The van der Waals surface area contributed by atoms with Gasteiger partial charge in [-0.3, -0.25) is 9.20 Å². The predicted molar refractivity (Wildman–Crippen MR) is 105 cm³/mol. The highest BCUT2D eigenvalue weighted by Gasteiger charge is 2.16. The van der Waals surface area contributed by atoms with Crippen LogP contribution < -0.4 is 15.9 Å². The fourth-order valence-electron chi connectivity index (χ4n) is 3.56. The number of nitrogens with one attached hydrogen (secondary N) is 1. The molecule has 0 aliphatic carbocycles. The van der Waals surface area contributed by atoms with Gasteiger partial charge in [0.1, 0.15) is 6.54 Å². The van der Waals surface area contributed by atoms with E-state index < -0.39 is 0 Å². The zero-order valence-corrected chi connectivity index (χ0v) is 15.2. The van der Waals surface area contributed by atoms with Gasteiger partial charge in [-0.25, -0.2) is 9.48 Å². The lowest BCUT2D eigenvalue weighted by Gasteiger charge is -2.25. The van der Waals surface area contributed by atoms with Crippen molar-refractivity contribution >= 4 is 22.9 Å². The van der Waals surface area contributed by atoms with Gasteiger partial charge in [0.25, 0.3) is 0 Å². The number of para-hydroxylation sites is 2. The quantitative estimate of drug-likeness (QED) is 0.771. The number of fused-ring (bicyclic) bond motifs is 1. The zero-order valence-electron chi connectivity index (χ0n) is 15.2. The highest BCUT2D eigenvalue weighted by Crippen LogP contribution is 2.27. The van der Waals surface area contributed by atoms with Crippen LogP contribution in [0.15, 0.2) is 53.5 Å². The molecule has 4 rings (SSSR count). The number of anilines is 2. The molecule has 0 unspecified atom stereocenters. The molecule has 0 spiro atoms. The molecule has 2 aromatic heterocycles. The maximum Gasteiger partial charge on any atom is 0.350 e. The fraction of sp³-hybridized carbons (Fsp3) is 0.350. The van der Waals surface area contributed by atoms with Crippen LogP contribution in [0, 0.1) is 0 Å². The summed E-state index contributed by atoms with van der Waals surface area (Å²) in [5.41, 5.74) is 2.03. The Hall–Kier alpha value is -3.09. The Morgan fingerprint density at radius 1 is 1.00 bits per heavy atom. The first kappa shape index (κ1) is 17.3. The first-order valence-electron chi connectivity index (χ1n) is 9.40. The highest BCUT2D eigenvalue weighted by molar-refractivity contribution is 5.94. The van der Waals surface area contributed by atoms with Crippen LogP contribution in [-0.4, -0.2) is 33.2 Å². The molecule has 3 heterocycles. The van der Waals surface area contributed by atoms with Crippen LogP contribution in [0.3, 0.4) is 0 Å². The van der Waals surface area contributed by atoms with Crippen molar-refractivity contribution in [2.24, 2.45) is 0 Å². The average Bonchev–Trinajstić information content (AvgIpc) is 2.86. The molecular weight excluding hydrogens is 342 g/mol. The van der Waals surface area contributed by atoms with Gasteiger partial charge in [-0.1, -0.05) is 31.0 Å². The van der Waals surface area contributed by atoms with Crippen molar-refractivity contribution in [3.63, 3.8) is 0 Å². The van der Waals surface area contributed by atoms with Crippen LogP contribution in [0.4, 0.5) is 11.4 Å². The molecule has 3 aromatic rings. The third kappa shape index (κ3) is 3.72. The lowest BCUT2D eigenvalue weighted by Crippen LogP contribution is -2.29. The van der Waals surface area contributed by atoms with E-state index in [2.05, 4.69) is 15.3 Å². The van der Waals surface area contributed by atoms with Gasteiger partial charge >= 0.3 is 5.69 Å². The summed E-state index contributed by atoms with van der Waals surface area (Å²) in [6.07, 6.45) is 6.48.